The summed E-state index contributed by atoms with van der Waals surface area (Å²) >= 11 is 0. The summed E-state index contributed by atoms with van der Waals surface area (Å²) in [5.41, 5.74) is 1.75. The van der Waals surface area contributed by atoms with Crippen molar-refractivity contribution in [3.63, 3.8) is 0 Å². The van der Waals surface area contributed by atoms with Gasteiger partial charge in [-0.25, -0.2) is 14.9 Å². The lowest BCUT2D eigenvalue weighted by molar-refractivity contribution is -0.155. The Bertz CT molecular complexity index is 439. The van der Waals surface area contributed by atoms with E-state index in [1.165, 1.54) is 0 Å². The number of carbonyl (C=O) groups is 3. The molecule has 0 aliphatic carbocycles. The van der Waals surface area contributed by atoms with Gasteiger partial charge in [0.15, 0.2) is 0 Å². The van der Waals surface area contributed by atoms with Crippen LogP contribution in [0.3, 0.4) is 0 Å². The average Bonchev–Trinajstić information content (AvgIpc) is 2.55. The van der Waals surface area contributed by atoms with Crippen LogP contribution in [0.15, 0.2) is 0 Å². The van der Waals surface area contributed by atoms with Crippen LogP contribution in [0.5, 0.6) is 0 Å². The van der Waals surface area contributed by atoms with Crippen molar-refractivity contribution in [2.45, 2.75) is 65.4 Å². The molecule has 0 aliphatic heterocycles. The number of aliphatic hydroxyl groups excluding tert-OH is 1. The minimum atomic E-state index is -0.737. The monoisotopic (exact) mass is 375 g/mol. The molecular formula is C17H33N3O6. The number of hydrazine groups is 1. The van der Waals surface area contributed by atoms with Crippen LogP contribution in [-0.4, -0.2) is 64.1 Å². The lowest BCUT2D eigenvalue weighted by atomic mass is 10.0. The van der Waals surface area contributed by atoms with Crippen LogP contribution < -0.4 is 5.43 Å². The molecule has 9 nitrogen and oxygen atoms in total. The first kappa shape index (κ1) is 24.1. The van der Waals surface area contributed by atoms with Crippen LogP contribution in [0.25, 0.3) is 0 Å². The van der Waals surface area contributed by atoms with Gasteiger partial charge in [-0.2, -0.15) is 0 Å². The highest BCUT2D eigenvalue weighted by molar-refractivity contribution is 5.81. The van der Waals surface area contributed by atoms with E-state index in [9.17, 15) is 19.6 Å². The molecule has 152 valence electrons. The SMILES string of the molecule is CCCCCC(CN(O)C=O)C(=O)NN(CCCO)C(=O)OC(C)(C)C. The quantitative estimate of drug-likeness (QED) is 0.219. The number of nitrogens with zero attached hydrogens (tertiary/aromatic N) is 2. The highest BCUT2D eigenvalue weighted by Crippen LogP contribution is 2.13. The van der Waals surface area contributed by atoms with Crippen molar-refractivity contribution >= 4 is 18.4 Å². The molecule has 0 heterocycles. The zero-order valence-electron chi connectivity index (χ0n) is 16.2. The summed E-state index contributed by atoms with van der Waals surface area (Å²) < 4.78 is 5.25. The summed E-state index contributed by atoms with van der Waals surface area (Å²) in [6.07, 6.45) is 2.86. The van der Waals surface area contributed by atoms with Crippen molar-refractivity contribution in [2.24, 2.45) is 5.92 Å². The molecule has 0 fully saturated rings. The van der Waals surface area contributed by atoms with Gasteiger partial charge in [0, 0.05) is 13.2 Å². The van der Waals surface area contributed by atoms with Crippen molar-refractivity contribution in [3.05, 3.63) is 0 Å². The number of aliphatic hydroxyl groups is 1. The van der Waals surface area contributed by atoms with Gasteiger partial charge in [-0.15, -0.1) is 0 Å². The van der Waals surface area contributed by atoms with E-state index in [1.54, 1.807) is 20.8 Å². The molecule has 0 rings (SSSR count). The molecule has 0 saturated heterocycles. The molecule has 3 N–H and O–H groups in total. The van der Waals surface area contributed by atoms with Crippen molar-refractivity contribution < 1.29 is 29.4 Å². The number of hydrogen-bond acceptors (Lipinski definition) is 6. The topological polar surface area (TPSA) is 119 Å². The lowest BCUT2D eigenvalue weighted by Gasteiger charge is -2.29. The first-order chi connectivity index (χ1) is 12.1. The fourth-order valence-corrected chi connectivity index (χ4v) is 2.18. The third-order valence-corrected chi connectivity index (χ3v) is 3.45. The highest BCUT2D eigenvalue weighted by Gasteiger charge is 2.27. The normalized spacial score (nSPS) is 12.2. The van der Waals surface area contributed by atoms with Gasteiger partial charge in [0.05, 0.1) is 12.5 Å². The van der Waals surface area contributed by atoms with Crippen LogP contribution in [0, 0.1) is 5.92 Å². The predicted octanol–water partition coefficient (Wildman–Crippen LogP) is 1.68. The average molecular weight is 375 g/mol. The van der Waals surface area contributed by atoms with E-state index >= 15 is 0 Å². The Morgan fingerprint density at radius 3 is 2.38 bits per heavy atom. The number of hydrogen-bond donors (Lipinski definition) is 3. The number of hydroxylamine groups is 2. The van der Waals surface area contributed by atoms with Gasteiger partial charge in [-0.1, -0.05) is 26.2 Å². The Labute approximate surface area is 155 Å². The fourth-order valence-electron chi connectivity index (χ4n) is 2.18. The molecule has 0 spiro atoms. The molecule has 1 unspecified atom stereocenters. The second kappa shape index (κ2) is 12.5. The number of nitrogens with one attached hydrogen (secondary N) is 1. The molecule has 1 atom stereocenters. The van der Waals surface area contributed by atoms with Crippen LogP contribution in [-0.2, 0) is 14.3 Å². The Kier molecular flexibility index (Phi) is 11.6. The van der Waals surface area contributed by atoms with E-state index < -0.39 is 23.5 Å². The molecular weight excluding hydrogens is 342 g/mol. The number of rotatable bonds is 11. The van der Waals surface area contributed by atoms with Crippen molar-refractivity contribution in [1.82, 2.24) is 15.5 Å². The highest BCUT2D eigenvalue weighted by atomic mass is 16.6. The largest absolute Gasteiger partial charge is 0.442 e. The maximum atomic E-state index is 12.6. The first-order valence-corrected chi connectivity index (χ1v) is 8.97. The van der Waals surface area contributed by atoms with Crippen LogP contribution in [0.4, 0.5) is 4.79 Å². The van der Waals surface area contributed by atoms with E-state index in [-0.39, 0.29) is 32.5 Å². The molecule has 0 aromatic heterocycles. The molecule has 0 saturated carbocycles. The number of unbranched alkanes of at least 4 members (excludes halogenated alkanes) is 2. The first-order valence-electron chi connectivity index (χ1n) is 8.97. The lowest BCUT2D eigenvalue weighted by Crippen LogP contribution is -2.51. The van der Waals surface area contributed by atoms with E-state index in [2.05, 4.69) is 5.43 Å². The van der Waals surface area contributed by atoms with E-state index in [1.807, 2.05) is 6.92 Å². The summed E-state index contributed by atoms with van der Waals surface area (Å²) in [5.74, 6) is -1.17. The maximum Gasteiger partial charge on any atom is 0.429 e. The van der Waals surface area contributed by atoms with Gasteiger partial charge in [-0.05, 0) is 33.6 Å². The molecule has 3 amide bonds. The second-order valence-corrected chi connectivity index (χ2v) is 7.11. The van der Waals surface area contributed by atoms with Crippen LogP contribution in [0.2, 0.25) is 0 Å². The Morgan fingerprint density at radius 2 is 1.88 bits per heavy atom. The molecule has 9 heteroatoms. The van der Waals surface area contributed by atoms with Crippen molar-refractivity contribution in [1.29, 1.82) is 0 Å². The summed E-state index contributed by atoms with van der Waals surface area (Å²) in [4.78, 5) is 35.5. The van der Waals surface area contributed by atoms with Gasteiger partial charge in [0.25, 0.3) is 0 Å². The Balaban J connectivity index is 5.03. The van der Waals surface area contributed by atoms with Gasteiger partial charge in [0.1, 0.15) is 5.60 Å². The molecule has 0 bridgehead atoms. The third-order valence-electron chi connectivity index (χ3n) is 3.45. The Morgan fingerprint density at radius 1 is 1.23 bits per heavy atom. The summed E-state index contributed by atoms with van der Waals surface area (Å²) in [6.45, 7) is 6.91. The smallest absolute Gasteiger partial charge is 0.429 e. The number of carbonyl (C=O) groups excluding carboxylic acids is 3. The molecule has 26 heavy (non-hydrogen) atoms. The summed E-state index contributed by atoms with van der Waals surface area (Å²) in [5, 5.41) is 19.8. The van der Waals surface area contributed by atoms with Crippen molar-refractivity contribution in [2.75, 3.05) is 19.7 Å². The zero-order valence-corrected chi connectivity index (χ0v) is 16.2. The van der Waals surface area contributed by atoms with E-state index in [0.29, 0.717) is 11.5 Å². The maximum absolute atomic E-state index is 12.6. The number of ether oxygens (including phenoxy) is 1. The van der Waals surface area contributed by atoms with Crippen LogP contribution >= 0.6 is 0 Å². The fraction of sp³-hybridized carbons (Fsp3) is 0.824. The standard InChI is InChI=1S/C17H33N3O6/c1-5-6-7-9-14(12-19(25)13-22)15(23)18-20(10-8-11-21)16(24)26-17(2,3)4/h13-14,21,25H,5-12H2,1-4H3,(H,18,23). The number of amides is 3. The molecule has 0 radical (unpaired) electrons. The minimum Gasteiger partial charge on any atom is -0.442 e. The Hall–Kier alpha value is -1.87. The molecule has 0 aromatic carbocycles. The van der Waals surface area contributed by atoms with Crippen molar-refractivity contribution in [3.8, 4) is 0 Å². The second-order valence-electron chi connectivity index (χ2n) is 7.11. The zero-order chi connectivity index (χ0) is 20.2. The van der Waals surface area contributed by atoms with Gasteiger partial charge < -0.3 is 9.84 Å². The van der Waals surface area contributed by atoms with Gasteiger partial charge in [-0.3, -0.25) is 20.2 Å². The third kappa shape index (κ3) is 10.9. The minimum absolute atomic E-state index is 0.0787. The molecule has 0 aliphatic rings. The van der Waals surface area contributed by atoms with E-state index in [0.717, 1.165) is 24.3 Å². The predicted molar refractivity (Wildman–Crippen MR) is 95.0 cm³/mol. The summed E-state index contributed by atoms with van der Waals surface area (Å²) in [6, 6.07) is 0. The van der Waals surface area contributed by atoms with E-state index in [4.69, 9.17) is 9.84 Å². The van der Waals surface area contributed by atoms with Gasteiger partial charge >= 0.3 is 6.09 Å². The molecule has 0 aromatic rings. The van der Waals surface area contributed by atoms with Gasteiger partial charge in [0.2, 0.25) is 12.3 Å². The van der Waals surface area contributed by atoms with Crippen LogP contribution in [0.1, 0.15) is 59.8 Å². The summed E-state index contributed by atoms with van der Waals surface area (Å²) in [7, 11) is 0.